The molecule has 5 heteroatoms. The highest BCUT2D eigenvalue weighted by atomic mass is 19.1. The topological polar surface area (TPSA) is 52.1 Å². The van der Waals surface area contributed by atoms with Crippen molar-refractivity contribution in [3.05, 3.63) is 66.5 Å². The fourth-order valence-electron chi connectivity index (χ4n) is 5.27. The van der Waals surface area contributed by atoms with Crippen molar-refractivity contribution in [1.82, 2.24) is 9.97 Å². The molecule has 0 radical (unpaired) electrons. The lowest BCUT2D eigenvalue weighted by atomic mass is 9.98. The van der Waals surface area contributed by atoms with Gasteiger partial charge in [-0.3, -0.25) is 0 Å². The Labute approximate surface area is 253 Å². The summed E-state index contributed by atoms with van der Waals surface area (Å²) >= 11 is 0. The van der Waals surface area contributed by atoms with Crippen LogP contribution >= 0.6 is 0 Å². The van der Waals surface area contributed by atoms with E-state index in [1.54, 1.807) is 12.1 Å². The molecule has 0 spiro atoms. The Hall–Kier alpha value is -3.08. The minimum Gasteiger partial charge on any atom is -0.424 e. The lowest BCUT2D eigenvalue weighted by Crippen LogP contribution is -2.34. The average molecular weight is 575 g/mol. The smallest absolute Gasteiger partial charge is 0.348 e. The van der Waals surface area contributed by atoms with Gasteiger partial charge in [-0.2, -0.15) is 0 Å². The van der Waals surface area contributed by atoms with Crippen molar-refractivity contribution < 1.29 is 13.9 Å². The molecule has 0 aliphatic rings. The summed E-state index contributed by atoms with van der Waals surface area (Å²) in [5.74, 6) is 0.197. The first kappa shape index (κ1) is 33.4. The minimum absolute atomic E-state index is 0.182. The van der Waals surface area contributed by atoms with E-state index in [-0.39, 0.29) is 6.42 Å². The molecule has 0 bridgehead atoms. The molecule has 1 aromatic heterocycles. The van der Waals surface area contributed by atoms with Crippen LogP contribution in [0.2, 0.25) is 0 Å². The van der Waals surface area contributed by atoms with Gasteiger partial charge < -0.3 is 4.74 Å². The largest absolute Gasteiger partial charge is 0.424 e. The number of nitrogens with zero attached hydrogens (tertiary/aromatic N) is 2. The van der Waals surface area contributed by atoms with Crippen LogP contribution in [0.4, 0.5) is 4.39 Å². The van der Waals surface area contributed by atoms with E-state index in [9.17, 15) is 4.79 Å². The molecule has 1 atom stereocenters. The highest BCUT2D eigenvalue weighted by Crippen LogP contribution is 2.32. The average Bonchev–Trinajstić information content (AvgIpc) is 3.01. The molecule has 3 aromatic rings. The first-order valence-electron chi connectivity index (χ1n) is 16.4. The van der Waals surface area contributed by atoms with Crippen LogP contribution in [0.3, 0.4) is 0 Å². The van der Waals surface area contributed by atoms with Crippen LogP contribution in [-0.4, -0.2) is 21.6 Å². The fourth-order valence-corrected chi connectivity index (χ4v) is 5.27. The number of benzene rings is 2. The van der Waals surface area contributed by atoms with E-state index in [1.165, 1.54) is 76.7 Å². The Morgan fingerprint density at radius 1 is 0.714 bits per heavy atom. The van der Waals surface area contributed by atoms with Gasteiger partial charge in [0.05, 0.1) is 0 Å². The maximum Gasteiger partial charge on any atom is 0.348 e. The first-order chi connectivity index (χ1) is 20.4. The van der Waals surface area contributed by atoms with Crippen LogP contribution in [0.25, 0.3) is 22.5 Å². The standard InChI is InChI=1S/C37H51FN2O2/c1-4-6-8-10-12-13-14-16-20-30-28-39-35(40-29-30)34-22-18-17-21-33(34)31-23-25-32(26-24-31)42-36(41)37(3,38)27-19-15-11-9-7-5-2/h17-18,21-26,28-29H,4-16,19-20,27H2,1-3H3. The summed E-state index contributed by atoms with van der Waals surface area (Å²) in [5.41, 5.74) is 2.06. The predicted molar refractivity (Wildman–Crippen MR) is 172 cm³/mol. The van der Waals surface area contributed by atoms with Gasteiger partial charge in [-0.1, -0.05) is 127 Å². The third-order valence-electron chi connectivity index (χ3n) is 7.99. The zero-order chi connectivity index (χ0) is 30.0. The number of carbonyl (C=O) groups excluding carboxylic acids is 1. The molecule has 1 heterocycles. The van der Waals surface area contributed by atoms with Crippen molar-refractivity contribution in [2.75, 3.05) is 0 Å². The van der Waals surface area contributed by atoms with Gasteiger partial charge in [-0.15, -0.1) is 0 Å². The molecule has 42 heavy (non-hydrogen) atoms. The summed E-state index contributed by atoms with van der Waals surface area (Å²) in [7, 11) is 0. The van der Waals surface area contributed by atoms with E-state index in [2.05, 4.69) is 13.8 Å². The highest BCUT2D eigenvalue weighted by molar-refractivity contribution is 5.82. The number of rotatable bonds is 20. The molecule has 0 N–H and O–H groups in total. The number of esters is 1. The van der Waals surface area contributed by atoms with Crippen molar-refractivity contribution in [3.8, 4) is 28.3 Å². The second kappa shape index (κ2) is 18.5. The second-order valence-electron chi connectivity index (χ2n) is 11.8. The number of carbonyl (C=O) groups is 1. The van der Waals surface area contributed by atoms with E-state index in [4.69, 9.17) is 14.7 Å². The number of hydrogen-bond acceptors (Lipinski definition) is 4. The van der Waals surface area contributed by atoms with E-state index in [0.29, 0.717) is 18.0 Å². The van der Waals surface area contributed by atoms with Gasteiger partial charge in [0, 0.05) is 18.0 Å². The van der Waals surface area contributed by atoms with E-state index in [0.717, 1.165) is 42.4 Å². The lowest BCUT2D eigenvalue weighted by molar-refractivity contribution is -0.147. The monoisotopic (exact) mass is 574 g/mol. The van der Waals surface area contributed by atoms with Crippen molar-refractivity contribution in [2.45, 2.75) is 129 Å². The molecule has 0 saturated heterocycles. The molecule has 0 saturated carbocycles. The summed E-state index contributed by atoms with van der Waals surface area (Å²) in [6.45, 7) is 5.75. The van der Waals surface area contributed by atoms with Gasteiger partial charge in [0.15, 0.2) is 5.82 Å². The van der Waals surface area contributed by atoms with Crippen molar-refractivity contribution >= 4 is 5.97 Å². The van der Waals surface area contributed by atoms with Gasteiger partial charge in [-0.25, -0.2) is 19.2 Å². The number of alkyl halides is 1. The number of halogens is 1. The number of hydrogen-bond donors (Lipinski definition) is 0. The normalized spacial score (nSPS) is 12.7. The maximum absolute atomic E-state index is 15.0. The van der Waals surface area contributed by atoms with Crippen LogP contribution in [0, 0.1) is 0 Å². The quantitative estimate of drug-likeness (QED) is 0.0765. The van der Waals surface area contributed by atoms with Crippen LogP contribution in [0.15, 0.2) is 60.9 Å². The molecular weight excluding hydrogens is 523 g/mol. The Kier molecular flexibility index (Phi) is 14.7. The van der Waals surface area contributed by atoms with Gasteiger partial charge >= 0.3 is 5.97 Å². The second-order valence-corrected chi connectivity index (χ2v) is 11.8. The summed E-state index contributed by atoms with van der Waals surface area (Å²) in [6, 6.07) is 15.2. The zero-order valence-electron chi connectivity index (χ0n) is 26.2. The van der Waals surface area contributed by atoms with Gasteiger partial charge in [0.2, 0.25) is 5.67 Å². The first-order valence-corrected chi connectivity index (χ1v) is 16.4. The van der Waals surface area contributed by atoms with Crippen LogP contribution in [0.5, 0.6) is 5.75 Å². The van der Waals surface area contributed by atoms with Crippen LogP contribution < -0.4 is 4.74 Å². The van der Waals surface area contributed by atoms with Gasteiger partial charge in [0.25, 0.3) is 0 Å². The summed E-state index contributed by atoms with van der Waals surface area (Å²) in [4.78, 5) is 21.9. The Bertz CT molecular complexity index is 1180. The Morgan fingerprint density at radius 2 is 1.24 bits per heavy atom. The molecule has 2 aromatic carbocycles. The van der Waals surface area contributed by atoms with Crippen molar-refractivity contribution in [3.63, 3.8) is 0 Å². The molecule has 4 nitrogen and oxygen atoms in total. The van der Waals surface area contributed by atoms with E-state index < -0.39 is 11.6 Å². The Balaban J connectivity index is 1.53. The lowest BCUT2D eigenvalue weighted by Gasteiger charge is -2.18. The number of aromatic nitrogens is 2. The molecule has 0 amide bonds. The molecule has 0 aliphatic carbocycles. The maximum atomic E-state index is 15.0. The third kappa shape index (κ3) is 11.3. The zero-order valence-corrected chi connectivity index (χ0v) is 26.2. The summed E-state index contributed by atoms with van der Waals surface area (Å²) in [5, 5.41) is 0. The SMILES string of the molecule is CCCCCCCCCCc1cnc(-c2ccccc2-c2ccc(OC(=O)C(C)(F)CCCCCCCC)cc2)nc1. The highest BCUT2D eigenvalue weighted by Gasteiger charge is 2.34. The van der Waals surface area contributed by atoms with E-state index >= 15 is 4.39 Å². The molecule has 228 valence electrons. The van der Waals surface area contributed by atoms with Gasteiger partial charge in [-0.05, 0) is 61.4 Å². The number of aryl methyl sites for hydroxylation is 1. The van der Waals surface area contributed by atoms with Crippen molar-refractivity contribution in [2.24, 2.45) is 0 Å². The minimum atomic E-state index is -1.99. The van der Waals surface area contributed by atoms with Gasteiger partial charge in [0.1, 0.15) is 5.75 Å². The molecule has 0 fully saturated rings. The van der Waals surface area contributed by atoms with Crippen LogP contribution in [-0.2, 0) is 11.2 Å². The molecule has 1 unspecified atom stereocenters. The predicted octanol–water partition coefficient (Wildman–Crippen LogP) is 10.9. The molecule has 3 rings (SSSR count). The molecule has 0 aliphatic heterocycles. The Morgan fingerprint density at radius 3 is 1.83 bits per heavy atom. The number of unbranched alkanes of at least 4 members (excludes halogenated alkanes) is 12. The number of ether oxygens (including phenoxy) is 1. The van der Waals surface area contributed by atoms with Crippen molar-refractivity contribution in [1.29, 1.82) is 0 Å². The van der Waals surface area contributed by atoms with E-state index in [1.807, 2.05) is 48.8 Å². The fraction of sp³-hybridized carbons (Fsp3) is 0.541. The molecular formula is C37H51FN2O2. The summed E-state index contributed by atoms with van der Waals surface area (Å²) in [6.07, 6.45) is 21.8. The third-order valence-corrected chi connectivity index (χ3v) is 7.99. The van der Waals surface area contributed by atoms with Crippen LogP contribution in [0.1, 0.15) is 123 Å². The summed E-state index contributed by atoms with van der Waals surface area (Å²) < 4.78 is 20.4.